The molecular weight excluding hydrogens is 289 g/mol. The number of likely N-dealkylation sites (tertiary alicyclic amines) is 1. The predicted octanol–water partition coefficient (Wildman–Crippen LogP) is 1.99. The van der Waals surface area contributed by atoms with Gasteiger partial charge in [-0.25, -0.2) is 4.79 Å². The summed E-state index contributed by atoms with van der Waals surface area (Å²) in [5, 5.41) is 7.12. The van der Waals surface area contributed by atoms with Crippen molar-refractivity contribution < 1.29 is 27.8 Å². The van der Waals surface area contributed by atoms with Crippen LogP contribution >= 0.6 is 0 Å². The van der Waals surface area contributed by atoms with Gasteiger partial charge in [0, 0.05) is 18.8 Å². The van der Waals surface area contributed by atoms with E-state index < -0.39 is 12.1 Å². The Labute approximate surface area is 120 Å². The molecule has 0 saturated carbocycles. The van der Waals surface area contributed by atoms with Crippen LogP contribution in [0.2, 0.25) is 0 Å². The lowest BCUT2D eigenvalue weighted by atomic mass is 10.3. The molecule has 1 atom stereocenters. The molecule has 21 heavy (non-hydrogen) atoms. The van der Waals surface area contributed by atoms with E-state index in [1.54, 1.807) is 0 Å². The Balaban J connectivity index is 0.000000270. The topological polar surface area (TPSA) is 75.8 Å². The van der Waals surface area contributed by atoms with Gasteiger partial charge < -0.3 is 20.5 Å². The van der Waals surface area contributed by atoms with Gasteiger partial charge in [0.1, 0.15) is 11.9 Å². The van der Waals surface area contributed by atoms with Crippen molar-refractivity contribution in [3.05, 3.63) is 24.3 Å². The molecule has 0 aliphatic carbocycles. The van der Waals surface area contributed by atoms with E-state index in [1.165, 1.54) is 0 Å². The molecule has 1 fully saturated rings. The Morgan fingerprint density at radius 2 is 1.90 bits per heavy atom. The lowest BCUT2D eigenvalue weighted by molar-refractivity contribution is -0.192. The van der Waals surface area contributed by atoms with Crippen molar-refractivity contribution in [2.24, 2.45) is 0 Å². The van der Waals surface area contributed by atoms with Gasteiger partial charge in [-0.15, -0.1) is 0 Å². The van der Waals surface area contributed by atoms with E-state index in [2.05, 4.69) is 11.9 Å². The second-order valence-corrected chi connectivity index (χ2v) is 4.66. The summed E-state index contributed by atoms with van der Waals surface area (Å²) in [4.78, 5) is 11.2. The third-order valence-corrected chi connectivity index (χ3v) is 2.77. The SMILES string of the molecule is CN1CCC(Oc2ccc(N)cc2)C1.O=C(O)C(F)(F)F. The summed E-state index contributed by atoms with van der Waals surface area (Å²) in [6.45, 7) is 2.14. The number of hydrogen-bond donors (Lipinski definition) is 2. The van der Waals surface area contributed by atoms with E-state index in [-0.39, 0.29) is 0 Å². The molecule has 1 aromatic rings. The minimum absolute atomic E-state index is 0.337. The fourth-order valence-corrected chi connectivity index (χ4v) is 1.73. The summed E-state index contributed by atoms with van der Waals surface area (Å²) in [7, 11) is 2.12. The molecule has 1 saturated heterocycles. The second-order valence-electron chi connectivity index (χ2n) is 4.66. The fraction of sp³-hybridized carbons (Fsp3) is 0.462. The number of rotatable bonds is 2. The monoisotopic (exact) mass is 306 g/mol. The van der Waals surface area contributed by atoms with Crippen molar-refractivity contribution in [2.45, 2.75) is 18.7 Å². The smallest absolute Gasteiger partial charge is 0.489 e. The maximum atomic E-state index is 10.6. The van der Waals surface area contributed by atoms with E-state index in [1.807, 2.05) is 24.3 Å². The zero-order valence-electron chi connectivity index (χ0n) is 11.4. The fourth-order valence-electron chi connectivity index (χ4n) is 1.73. The van der Waals surface area contributed by atoms with Crippen molar-refractivity contribution in [3.63, 3.8) is 0 Å². The number of carbonyl (C=O) groups is 1. The summed E-state index contributed by atoms with van der Waals surface area (Å²) >= 11 is 0. The first-order chi connectivity index (χ1) is 9.68. The molecule has 2 rings (SSSR count). The number of hydrogen-bond acceptors (Lipinski definition) is 4. The van der Waals surface area contributed by atoms with Crippen LogP contribution in [-0.2, 0) is 4.79 Å². The van der Waals surface area contributed by atoms with Gasteiger partial charge in [-0.2, -0.15) is 13.2 Å². The first kappa shape index (κ1) is 17.1. The summed E-state index contributed by atoms with van der Waals surface area (Å²) in [6, 6.07) is 7.59. The molecule has 1 aromatic carbocycles. The molecule has 0 aromatic heterocycles. The Bertz CT molecular complexity index is 463. The molecule has 1 heterocycles. The Hall–Kier alpha value is -1.96. The van der Waals surface area contributed by atoms with Gasteiger partial charge in [0.05, 0.1) is 0 Å². The normalized spacial score (nSPS) is 18.8. The van der Waals surface area contributed by atoms with Gasteiger partial charge in [-0.1, -0.05) is 0 Å². The Morgan fingerprint density at radius 3 is 2.29 bits per heavy atom. The number of nitrogens with two attached hydrogens (primary N) is 1. The molecule has 0 spiro atoms. The van der Waals surface area contributed by atoms with Crippen molar-refractivity contribution >= 4 is 11.7 Å². The van der Waals surface area contributed by atoms with Gasteiger partial charge in [0.15, 0.2) is 0 Å². The molecule has 3 N–H and O–H groups in total. The molecular formula is C13H17F3N2O3. The molecule has 5 nitrogen and oxygen atoms in total. The number of nitrogens with zero attached hydrogens (tertiary/aromatic N) is 1. The van der Waals surface area contributed by atoms with Crippen LogP contribution in [0.5, 0.6) is 5.75 Å². The molecule has 118 valence electrons. The van der Waals surface area contributed by atoms with Gasteiger partial charge in [-0.3, -0.25) is 0 Å². The third-order valence-electron chi connectivity index (χ3n) is 2.77. The third kappa shape index (κ3) is 6.35. The van der Waals surface area contributed by atoms with E-state index in [0.29, 0.717) is 6.10 Å². The molecule has 1 aliphatic heterocycles. The Morgan fingerprint density at radius 1 is 1.38 bits per heavy atom. The summed E-state index contributed by atoms with van der Waals surface area (Å²) in [6.07, 6.45) is -3.63. The van der Waals surface area contributed by atoms with Gasteiger partial charge in [-0.05, 0) is 37.7 Å². The lowest BCUT2D eigenvalue weighted by Crippen LogP contribution is -2.21. The number of likely N-dealkylation sites (N-methyl/N-ethyl adjacent to an activating group) is 1. The van der Waals surface area contributed by atoms with Crippen LogP contribution in [0.1, 0.15) is 6.42 Å². The predicted molar refractivity (Wildman–Crippen MR) is 71.1 cm³/mol. The summed E-state index contributed by atoms with van der Waals surface area (Å²) < 4.78 is 37.5. The number of carboxylic acid groups (broad SMARTS) is 1. The number of anilines is 1. The van der Waals surface area contributed by atoms with Crippen LogP contribution in [0.3, 0.4) is 0 Å². The van der Waals surface area contributed by atoms with Crippen LogP contribution in [0, 0.1) is 0 Å². The standard InChI is InChI=1S/C11H16N2O.C2HF3O2/c1-13-7-6-11(8-13)14-10-4-2-9(12)3-5-10;3-2(4,5)1(6)7/h2-5,11H,6-8,12H2,1H3;(H,6,7). The van der Waals surface area contributed by atoms with E-state index in [9.17, 15) is 13.2 Å². The van der Waals surface area contributed by atoms with Crippen molar-refractivity contribution in [1.29, 1.82) is 0 Å². The average molecular weight is 306 g/mol. The number of alkyl halides is 3. The van der Waals surface area contributed by atoms with E-state index in [0.717, 1.165) is 30.9 Å². The van der Waals surface area contributed by atoms with Crippen LogP contribution in [0.15, 0.2) is 24.3 Å². The molecule has 1 unspecified atom stereocenters. The number of carboxylic acids is 1. The van der Waals surface area contributed by atoms with E-state index >= 15 is 0 Å². The van der Waals surface area contributed by atoms with E-state index in [4.69, 9.17) is 20.4 Å². The zero-order valence-corrected chi connectivity index (χ0v) is 11.4. The van der Waals surface area contributed by atoms with Crippen molar-refractivity contribution in [1.82, 2.24) is 4.90 Å². The zero-order chi connectivity index (χ0) is 16.0. The minimum Gasteiger partial charge on any atom is -0.489 e. The van der Waals surface area contributed by atoms with Crippen LogP contribution in [0.25, 0.3) is 0 Å². The largest absolute Gasteiger partial charge is 0.490 e. The number of aliphatic carboxylic acids is 1. The highest BCUT2D eigenvalue weighted by molar-refractivity contribution is 5.73. The molecule has 0 radical (unpaired) electrons. The summed E-state index contributed by atoms with van der Waals surface area (Å²) in [5.41, 5.74) is 6.37. The number of nitrogen functional groups attached to an aromatic ring is 1. The number of ether oxygens (including phenoxy) is 1. The quantitative estimate of drug-likeness (QED) is 0.817. The molecule has 1 aliphatic rings. The number of benzene rings is 1. The second kappa shape index (κ2) is 7.16. The highest BCUT2D eigenvalue weighted by Gasteiger charge is 2.38. The molecule has 8 heteroatoms. The maximum Gasteiger partial charge on any atom is 0.490 e. The maximum absolute atomic E-state index is 10.6. The Kier molecular flexibility index (Phi) is 5.83. The highest BCUT2D eigenvalue weighted by atomic mass is 19.4. The van der Waals surface area contributed by atoms with Gasteiger partial charge >= 0.3 is 12.1 Å². The van der Waals surface area contributed by atoms with Gasteiger partial charge in [0.2, 0.25) is 0 Å². The lowest BCUT2D eigenvalue weighted by Gasteiger charge is -2.13. The first-order valence-electron chi connectivity index (χ1n) is 6.19. The van der Waals surface area contributed by atoms with Crippen LogP contribution in [0.4, 0.5) is 18.9 Å². The van der Waals surface area contributed by atoms with Crippen molar-refractivity contribution in [3.8, 4) is 5.75 Å². The average Bonchev–Trinajstić information content (AvgIpc) is 2.77. The van der Waals surface area contributed by atoms with Crippen LogP contribution < -0.4 is 10.5 Å². The minimum atomic E-state index is -5.08. The van der Waals surface area contributed by atoms with Crippen LogP contribution in [-0.4, -0.2) is 48.4 Å². The van der Waals surface area contributed by atoms with Crippen molar-refractivity contribution in [2.75, 3.05) is 25.9 Å². The highest BCUT2D eigenvalue weighted by Crippen LogP contribution is 2.18. The first-order valence-corrected chi connectivity index (χ1v) is 6.19. The van der Waals surface area contributed by atoms with Gasteiger partial charge in [0.25, 0.3) is 0 Å². The summed E-state index contributed by atoms with van der Waals surface area (Å²) in [5.74, 6) is -1.84. The molecule has 0 amide bonds. The number of halogens is 3. The molecule has 0 bridgehead atoms.